The molecule has 0 N–H and O–H groups in total. The van der Waals surface area contributed by atoms with Gasteiger partial charge in [-0.15, -0.1) is 0 Å². The lowest BCUT2D eigenvalue weighted by Gasteiger charge is -2.24. The summed E-state index contributed by atoms with van der Waals surface area (Å²) in [6.45, 7) is 8.05. The molecule has 0 saturated heterocycles. The Hall–Kier alpha value is -3.65. The number of halogens is 2. The predicted octanol–water partition coefficient (Wildman–Crippen LogP) is 6.30. The number of thiazole rings is 1. The first-order chi connectivity index (χ1) is 19.7. The molecular formula is C32H28Cl2N2O4S. The number of rotatable bonds is 7. The van der Waals surface area contributed by atoms with Gasteiger partial charge in [-0.05, 0) is 62.6 Å². The lowest BCUT2D eigenvalue weighted by Crippen LogP contribution is -2.39. The van der Waals surface area contributed by atoms with Gasteiger partial charge in [-0.25, -0.2) is 9.79 Å². The van der Waals surface area contributed by atoms with Gasteiger partial charge in [0.25, 0.3) is 5.56 Å². The van der Waals surface area contributed by atoms with E-state index in [9.17, 15) is 9.59 Å². The van der Waals surface area contributed by atoms with E-state index in [2.05, 4.69) is 4.99 Å². The summed E-state index contributed by atoms with van der Waals surface area (Å²) in [4.78, 5) is 32.0. The van der Waals surface area contributed by atoms with Crippen molar-refractivity contribution in [2.45, 2.75) is 40.3 Å². The molecule has 0 fully saturated rings. The van der Waals surface area contributed by atoms with E-state index < -0.39 is 12.0 Å². The first-order valence-electron chi connectivity index (χ1n) is 13.1. The Morgan fingerprint density at radius 2 is 1.61 bits per heavy atom. The van der Waals surface area contributed by atoms with E-state index in [1.807, 2.05) is 62.4 Å². The molecule has 0 amide bonds. The van der Waals surface area contributed by atoms with Crippen molar-refractivity contribution in [3.63, 3.8) is 0 Å². The number of nitrogens with zero attached hydrogens (tertiary/aromatic N) is 2. The van der Waals surface area contributed by atoms with Crippen LogP contribution in [0, 0.1) is 13.8 Å². The van der Waals surface area contributed by atoms with Gasteiger partial charge < -0.3 is 9.47 Å². The highest BCUT2D eigenvalue weighted by atomic mass is 35.5. The van der Waals surface area contributed by atoms with Gasteiger partial charge in [-0.3, -0.25) is 9.36 Å². The summed E-state index contributed by atoms with van der Waals surface area (Å²) < 4.78 is 13.3. The van der Waals surface area contributed by atoms with E-state index in [-0.39, 0.29) is 12.2 Å². The number of carbonyl (C=O) groups excluding carboxylic acids is 1. The highest BCUT2D eigenvalue weighted by Crippen LogP contribution is 2.35. The van der Waals surface area contributed by atoms with Crippen molar-refractivity contribution in [2.24, 2.45) is 4.99 Å². The fraction of sp³-hybridized carbons (Fsp3) is 0.219. The molecule has 2 heterocycles. The number of carbonyl (C=O) groups is 1. The molecule has 0 spiro atoms. The van der Waals surface area contributed by atoms with Crippen LogP contribution in [-0.2, 0) is 16.1 Å². The standard InChI is InChI=1S/C32H28Cl2N2O4S/c1-5-39-31(38)27-20(4)35-32-36(28(27)23-12-8-19(3)9-13-23)30(37)26(41-32)16-22-14-24(33)29(25(34)15-22)40-17-21-10-6-18(2)7-11-21/h6-16,28H,5,17H2,1-4H3/b26-16+/t28-/m0/s1. The molecule has 210 valence electrons. The van der Waals surface area contributed by atoms with Gasteiger partial charge in [0.1, 0.15) is 6.61 Å². The van der Waals surface area contributed by atoms with Crippen molar-refractivity contribution in [1.29, 1.82) is 0 Å². The summed E-state index contributed by atoms with van der Waals surface area (Å²) in [6.07, 6.45) is 1.72. The van der Waals surface area contributed by atoms with Crippen molar-refractivity contribution < 1.29 is 14.3 Å². The van der Waals surface area contributed by atoms with E-state index in [4.69, 9.17) is 32.7 Å². The summed E-state index contributed by atoms with van der Waals surface area (Å²) >= 11 is 14.4. The van der Waals surface area contributed by atoms with Crippen LogP contribution in [0.4, 0.5) is 0 Å². The van der Waals surface area contributed by atoms with Crippen LogP contribution in [0.1, 0.15) is 47.7 Å². The Labute approximate surface area is 251 Å². The van der Waals surface area contributed by atoms with Crippen molar-refractivity contribution in [1.82, 2.24) is 4.57 Å². The fourth-order valence-corrected chi connectivity index (χ4v) is 6.31. The van der Waals surface area contributed by atoms with E-state index in [0.29, 0.717) is 48.6 Å². The van der Waals surface area contributed by atoms with Gasteiger partial charge in [0.05, 0.1) is 38.5 Å². The number of fused-ring (bicyclic) bond motifs is 1. The predicted molar refractivity (Wildman–Crippen MR) is 164 cm³/mol. The number of allylic oxidation sites excluding steroid dienone is 1. The molecular weight excluding hydrogens is 579 g/mol. The molecule has 1 aromatic heterocycles. The van der Waals surface area contributed by atoms with Gasteiger partial charge >= 0.3 is 5.97 Å². The minimum Gasteiger partial charge on any atom is -0.486 e. The first kappa shape index (κ1) is 28.9. The van der Waals surface area contributed by atoms with Crippen molar-refractivity contribution >= 4 is 46.6 Å². The Morgan fingerprint density at radius 3 is 2.22 bits per heavy atom. The normalized spacial score (nSPS) is 15.0. The van der Waals surface area contributed by atoms with Gasteiger partial charge in [0.15, 0.2) is 10.6 Å². The lowest BCUT2D eigenvalue weighted by atomic mass is 9.95. The molecule has 1 aliphatic rings. The molecule has 0 unspecified atom stereocenters. The Balaban J connectivity index is 1.54. The lowest BCUT2D eigenvalue weighted by molar-refractivity contribution is -0.139. The fourth-order valence-electron chi connectivity index (χ4n) is 4.65. The molecule has 1 aliphatic heterocycles. The highest BCUT2D eigenvalue weighted by Gasteiger charge is 2.33. The summed E-state index contributed by atoms with van der Waals surface area (Å²) in [5, 5.41) is 0.670. The average Bonchev–Trinajstić information content (AvgIpc) is 3.23. The van der Waals surface area contributed by atoms with Gasteiger partial charge in [-0.1, -0.05) is 94.2 Å². The Morgan fingerprint density at radius 1 is 1.00 bits per heavy atom. The minimum absolute atomic E-state index is 0.215. The van der Waals surface area contributed by atoms with Crippen molar-refractivity contribution in [3.8, 4) is 5.75 Å². The van der Waals surface area contributed by atoms with E-state index in [1.54, 1.807) is 36.6 Å². The number of ether oxygens (including phenoxy) is 2. The number of esters is 1. The molecule has 0 saturated carbocycles. The van der Waals surface area contributed by atoms with E-state index in [0.717, 1.165) is 22.3 Å². The second-order valence-electron chi connectivity index (χ2n) is 9.80. The second-order valence-corrected chi connectivity index (χ2v) is 11.6. The van der Waals surface area contributed by atoms with Crippen LogP contribution >= 0.6 is 34.5 Å². The van der Waals surface area contributed by atoms with Crippen LogP contribution in [0.3, 0.4) is 0 Å². The van der Waals surface area contributed by atoms with Crippen molar-refractivity contribution in [2.75, 3.05) is 6.61 Å². The third-order valence-electron chi connectivity index (χ3n) is 6.73. The summed E-state index contributed by atoms with van der Waals surface area (Å²) in [6, 6.07) is 18.5. The quantitative estimate of drug-likeness (QED) is 0.231. The monoisotopic (exact) mass is 606 g/mol. The van der Waals surface area contributed by atoms with Crippen LogP contribution in [0.25, 0.3) is 6.08 Å². The summed E-state index contributed by atoms with van der Waals surface area (Å²) in [7, 11) is 0. The molecule has 0 aliphatic carbocycles. The number of aryl methyl sites for hydroxylation is 2. The van der Waals surface area contributed by atoms with E-state index in [1.165, 1.54) is 11.3 Å². The third-order valence-corrected chi connectivity index (χ3v) is 8.28. The number of benzene rings is 3. The largest absolute Gasteiger partial charge is 0.486 e. The Kier molecular flexibility index (Phi) is 8.50. The zero-order chi connectivity index (χ0) is 29.3. The molecule has 0 bridgehead atoms. The highest BCUT2D eigenvalue weighted by molar-refractivity contribution is 7.07. The summed E-state index contributed by atoms with van der Waals surface area (Å²) in [5.74, 6) is -0.116. The van der Waals surface area contributed by atoms with Gasteiger partial charge in [0, 0.05) is 0 Å². The average molecular weight is 608 g/mol. The van der Waals surface area contributed by atoms with Crippen molar-refractivity contribution in [3.05, 3.63) is 129 Å². The summed E-state index contributed by atoms with van der Waals surface area (Å²) in [5.41, 5.74) is 5.24. The van der Waals surface area contributed by atoms with Crippen LogP contribution in [0.5, 0.6) is 5.75 Å². The van der Waals surface area contributed by atoms with Crippen LogP contribution < -0.4 is 19.6 Å². The molecule has 0 radical (unpaired) electrons. The molecule has 6 nitrogen and oxygen atoms in total. The first-order valence-corrected chi connectivity index (χ1v) is 14.7. The zero-order valence-corrected chi connectivity index (χ0v) is 25.4. The topological polar surface area (TPSA) is 69.9 Å². The van der Waals surface area contributed by atoms with Crippen LogP contribution in [0.2, 0.25) is 10.0 Å². The maximum Gasteiger partial charge on any atom is 0.338 e. The molecule has 3 aromatic carbocycles. The van der Waals surface area contributed by atoms with Gasteiger partial charge in [0.2, 0.25) is 0 Å². The molecule has 5 rings (SSSR count). The maximum absolute atomic E-state index is 13.8. The molecule has 9 heteroatoms. The smallest absolute Gasteiger partial charge is 0.338 e. The van der Waals surface area contributed by atoms with Crippen LogP contribution in [0.15, 0.2) is 81.7 Å². The minimum atomic E-state index is -0.669. The number of hydrogen-bond donors (Lipinski definition) is 0. The molecule has 41 heavy (non-hydrogen) atoms. The Bertz CT molecular complexity index is 1820. The van der Waals surface area contributed by atoms with Crippen LogP contribution in [-0.4, -0.2) is 17.1 Å². The van der Waals surface area contributed by atoms with E-state index >= 15 is 0 Å². The zero-order valence-electron chi connectivity index (χ0n) is 23.0. The molecule has 1 atom stereocenters. The van der Waals surface area contributed by atoms with Gasteiger partial charge in [-0.2, -0.15) is 0 Å². The number of aromatic nitrogens is 1. The molecule has 4 aromatic rings. The third kappa shape index (κ3) is 6.03. The SMILES string of the molecule is CCOC(=O)C1=C(C)N=c2s/c(=C/c3cc(Cl)c(OCc4ccc(C)cc4)c(Cl)c3)c(=O)n2[C@H]1c1ccc(C)cc1. The maximum atomic E-state index is 13.8. The second kappa shape index (κ2) is 12.1. The number of hydrogen-bond acceptors (Lipinski definition) is 6.